The van der Waals surface area contributed by atoms with Crippen LogP contribution in [0.1, 0.15) is 58.9 Å². The van der Waals surface area contributed by atoms with E-state index in [0.717, 1.165) is 51.5 Å². The number of halogens is 3. The number of anilines is 3. The van der Waals surface area contributed by atoms with Crippen LogP contribution < -0.4 is 20.1 Å². The lowest BCUT2D eigenvalue weighted by atomic mass is 9.77. The highest BCUT2D eigenvalue weighted by atomic mass is 19.3. The van der Waals surface area contributed by atoms with Crippen molar-refractivity contribution in [2.45, 2.75) is 89.8 Å². The lowest BCUT2D eigenvalue weighted by Crippen LogP contribution is -2.61. The lowest BCUT2D eigenvalue weighted by molar-refractivity contribution is -0.0524. The minimum Gasteiger partial charge on any atom is -0.486 e. The predicted octanol–water partition coefficient (Wildman–Crippen LogP) is 7.07. The minimum absolute atomic E-state index is 0.00105. The second-order valence-corrected chi connectivity index (χ2v) is 13.1. The first-order valence-electron chi connectivity index (χ1n) is 15.2. The molecule has 2 aliphatic rings. The quantitative estimate of drug-likeness (QED) is 0.252. The Kier molecular flexibility index (Phi) is 9.55. The van der Waals surface area contributed by atoms with E-state index in [1.165, 1.54) is 11.6 Å². The molecule has 3 aromatic rings. The highest BCUT2D eigenvalue weighted by Gasteiger charge is 2.43. The van der Waals surface area contributed by atoms with E-state index in [0.29, 0.717) is 5.69 Å². The van der Waals surface area contributed by atoms with Gasteiger partial charge in [0, 0.05) is 48.5 Å². The van der Waals surface area contributed by atoms with E-state index in [9.17, 15) is 13.2 Å². The summed E-state index contributed by atoms with van der Waals surface area (Å²) in [4.78, 5) is 13.2. The molecule has 0 radical (unpaired) electrons. The van der Waals surface area contributed by atoms with Gasteiger partial charge < -0.3 is 20.1 Å². The van der Waals surface area contributed by atoms with Gasteiger partial charge in [-0.2, -0.15) is 13.8 Å². The highest BCUT2D eigenvalue weighted by Crippen LogP contribution is 2.38. The number of nitrogens with one attached hydrogen (secondary N) is 2. The van der Waals surface area contributed by atoms with Crippen LogP contribution in [-0.2, 0) is 6.54 Å². The number of nitrogens with zero attached hydrogens (tertiary/aromatic N) is 4. The third-order valence-corrected chi connectivity index (χ3v) is 8.89. The SMILES string of the molecule is CN1C(C)(C)CC(Nc2nc(Nc3ccc(OC4CCN(Cc5ccccc5)CC4)c(OC(F)F)c3)ncc2F)CC1(C)C. The van der Waals surface area contributed by atoms with Crippen molar-refractivity contribution < 1.29 is 22.6 Å². The van der Waals surface area contributed by atoms with Gasteiger partial charge in [0.25, 0.3) is 0 Å². The zero-order chi connectivity index (χ0) is 31.5. The second kappa shape index (κ2) is 13.2. The Morgan fingerprint density at radius 1 is 0.977 bits per heavy atom. The average Bonchev–Trinajstić information content (AvgIpc) is 2.96. The maximum atomic E-state index is 14.8. The molecule has 0 atom stereocenters. The number of aromatic nitrogens is 2. The lowest BCUT2D eigenvalue weighted by Gasteiger charge is -2.53. The Hall–Kier alpha value is -3.57. The first kappa shape index (κ1) is 31.8. The zero-order valence-electron chi connectivity index (χ0n) is 26.1. The van der Waals surface area contributed by atoms with Gasteiger partial charge in [-0.05, 0) is 78.1 Å². The van der Waals surface area contributed by atoms with Crippen LogP contribution in [-0.4, -0.2) is 69.7 Å². The third-order valence-electron chi connectivity index (χ3n) is 8.89. The Bertz CT molecular complexity index is 1380. The molecular formula is C33H43F3N6O2. The standard InChI is InChI=1S/C33H43F3N6O2/c1-32(2)18-24(19-33(3,4)41(32)5)38-29-26(34)20-37-31(40-29)39-23-11-12-27(28(17-23)44-30(35)36)43-25-13-15-42(16-14-25)21-22-9-7-6-8-10-22/h6-12,17,20,24-25,30H,13-16,18-19,21H2,1-5H3,(H2,37,38,39,40). The molecule has 5 rings (SSSR count). The van der Waals surface area contributed by atoms with Crippen LogP contribution in [0.4, 0.5) is 30.6 Å². The van der Waals surface area contributed by atoms with Crippen molar-refractivity contribution in [3.05, 3.63) is 66.1 Å². The number of likely N-dealkylation sites (tertiary alicyclic amines) is 2. The molecule has 0 unspecified atom stereocenters. The topological polar surface area (TPSA) is 74.8 Å². The van der Waals surface area contributed by atoms with E-state index in [4.69, 9.17) is 9.47 Å². The average molecular weight is 613 g/mol. The molecule has 1 aromatic heterocycles. The number of piperidine rings is 2. The fourth-order valence-corrected chi connectivity index (χ4v) is 6.40. The largest absolute Gasteiger partial charge is 0.486 e. The van der Waals surface area contributed by atoms with Gasteiger partial charge in [-0.1, -0.05) is 30.3 Å². The number of hydrogen-bond donors (Lipinski definition) is 2. The van der Waals surface area contributed by atoms with E-state index in [2.05, 4.69) is 77.3 Å². The van der Waals surface area contributed by atoms with Gasteiger partial charge in [0.1, 0.15) is 6.10 Å². The molecule has 2 aromatic carbocycles. The van der Waals surface area contributed by atoms with Crippen molar-refractivity contribution in [3.63, 3.8) is 0 Å². The maximum Gasteiger partial charge on any atom is 0.387 e. The summed E-state index contributed by atoms with van der Waals surface area (Å²) in [6.45, 7) is 8.22. The molecule has 3 heterocycles. The van der Waals surface area contributed by atoms with Gasteiger partial charge in [0.15, 0.2) is 23.1 Å². The van der Waals surface area contributed by atoms with E-state index >= 15 is 0 Å². The van der Waals surface area contributed by atoms with Crippen LogP contribution in [0.3, 0.4) is 0 Å². The summed E-state index contributed by atoms with van der Waals surface area (Å²) in [6, 6.07) is 15.0. The number of rotatable bonds is 10. The molecule has 8 nitrogen and oxygen atoms in total. The number of hydrogen-bond acceptors (Lipinski definition) is 8. The monoisotopic (exact) mass is 612 g/mol. The molecule has 238 valence electrons. The van der Waals surface area contributed by atoms with Crippen LogP contribution in [0.15, 0.2) is 54.7 Å². The zero-order valence-corrected chi connectivity index (χ0v) is 26.1. The smallest absolute Gasteiger partial charge is 0.387 e. The predicted molar refractivity (Wildman–Crippen MR) is 166 cm³/mol. The van der Waals surface area contributed by atoms with Gasteiger partial charge in [-0.25, -0.2) is 9.37 Å². The fraction of sp³-hybridized carbons (Fsp3) is 0.515. The normalized spacial score (nSPS) is 19.6. The molecule has 2 N–H and O–H groups in total. The Morgan fingerprint density at radius 2 is 1.66 bits per heavy atom. The van der Waals surface area contributed by atoms with Gasteiger partial charge in [-0.3, -0.25) is 9.80 Å². The number of benzene rings is 2. The van der Waals surface area contributed by atoms with Crippen LogP contribution >= 0.6 is 0 Å². The molecule has 0 spiro atoms. The van der Waals surface area contributed by atoms with Gasteiger partial charge in [0.2, 0.25) is 5.95 Å². The van der Waals surface area contributed by atoms with Crippen LogP contribution in [0.25, 0.3) is 0 Å². The molecule has 0 saturated carbocycles. The molecule has 2 aliphatic heterocycles. The molecule has 0 bridgehead atoms. The first-order chi connectivity index (χ1) is 20.9. The maximum absolute atomic E-state index is 14.8. The Morgan fingerprint density at radius 3 is 2.32 bits per heavy atom. The molecule has 2 fully saturated rings. The van der Waals surface area contributed by atoms with Gasteiger partial charge in [-0.15, -0.1) is 0 Å². The van der Waals surface area contributed by atoms with Crippen molar-refractivity contribution >= 4 is 17.5 Å². The van der Waals surface area contributed by atoms with Crippen molar-refractivity contribution in [1.82, 2.24) is 19.8 Å². The van der Waals surface area contributed by atoms with E-state index < -0.39 is 12.4 Å². The van der Waals surface area contributed by atoms with Crippen LogP contribution in [0, 0.1) is 5.82 Å². The molecule has 0 aliphatic carbocycles. The van der Waals surface area contributed by atoms with Crippen LogP contribution in [0.2, 0.25) is 0 Å². The molecule has 0 amide bonds. The summed E-state index contributed by atoms with van der Waals surface area (Å²) >= 11 is 0. The Balaban J connectivity index is 1.24. The highest BCUT2D eigenvalue weighted by molar-refractivity contribution is 5.60. The second-order valence-electron chi connectivity index (χ2n) is 13.1. The van der Waals surface area contributed by atoms with Crippen molar-refractivity contribution in [2.24, 2.45) is 0 Å². The number of ether oxygens (including phenoxy) is 2. The molecular weight excluding hydrogens is 569 g/mol. The molecule has 2 saturated heterocycles. The third kappa shape index (κ3) is 7.92. The summed E-state index contributed by atoms with van der Waals surface area (Å²) in [5, 5.41) is 6.27. The molecule has 11 heteroatoms. The Labute approximate surface area is 258 Å². The van der Waals surface area contributed by atoms with Crippen molar-refractivity contribution in [2.75, 3.05) is 30.8 Å². The summed E-state index contributed by atoms with van der Waals surface area (Å²) in [5.74, 6) is -0.195. The van der Waals surface area contributed by atoms with Crippen molar-refractivity contribution in [3.8, 4) is 11.5 Å². The minimum atomic E-state index is -3.03. The summed E-state index contributed by atoms with van der Waals surface area (Å²) in [7, 11) is 2.11. The van der Waals surface area contributed by atoms with E-state index in [1.807, 2.05) is 18.2 Å². The van der Waals surface area contributed by atoms with Crippen molar-refractivity contribution in [1.29, 1.82) is 0 Å². The summed E-state index contributed by atoms with van der Waals surface area (Å²) in [6.07, 6.45) is 4.13. The number of alkyl halides is 2. The molecule has 44 heavy (non-hydrogen) atoms. The van der Waals surface area contributed by atoms with Gasteiger partial charge >= 0.3 is 6.61 Å². The summed E-state index contributed by atoms with van der Waals surface area (Å²) < 4.78 is 52.5. The van der Waals surface area contributed by atoms with Gasteiger partial charge in [0.05, 0.1) is 6.20 Å². The van der Waals surface area contributed by atoms with E-state index in [1.54, 1.807) is 12.1 Å². The first-order valence-corrected chi connectivity index (χ1v) is 15.2. The summed E-state index contributed by atoms with van der Waals surface area (Å²) in [5.41, 5.74) is 1.48. The fourth-order valence-electron chi connectivity index (χ4n) is 6.40. The van der Waals surface area contributed by atoms with Crippen LogP contribution in [0.5, 0.6) is 11.5 Å². The van der Waals surface area contributed by atoms with E-state index in [-0.39, 0.29) is 46.5 Å².